The minimum Gasteiger partial charge on any atom is -0.492 e. The Morgan fingerprint density at radius 1 is 1.19 bits per heavy atom. The third-order valence-electron chi connectivity index (χ3n) is 4.51. The second-order valence-corrected chi connectivity index (χ2v) is 7.10. The first-order chi connectivity index (χ1) is 13.0. The van der Waals surface area contributed by atoms with Gasteiger partial charge in [0.2, 0.25) is 5.91 Å². The minimum absolute atomic E-state index is 0.184. The van der Waals surface area contributed by atoms with Crippen LogP contribution in [0.3, 0.4) is 0 Å². The van der Waals surface area contributed by atoms with Crippen molar-refractivity contribution in [1.29, 1.82) is 0 Å². The maximum Gasteiger partial charge on any atom is 0.227 e. The number of nitrogens with zero attached hydrogens (tertiary/aromatic N) is 1. The van der Waals surface area contributed by atoms with Gasteiger partial charge in [-0.15, -0.1) is 0 Å². The van der Waals surface area contributed by atoms with Crippen molar-refractivity contribution in [3.05, 3.63) is 53.6 Å². The summed E-state index contributed by atoms with van der Waals surface area (Å²) in [5.74, 6) is 1.03. The average molecular weight is 384 g/mol. The molecule has 142 valence electrons. The lowest BCUT2D eigenvalue weighted by molar-refractivity contribution is -0.117. The topological polar surface area (TPSA) is 53.6 Å². The van der Waals surface area contributed by atoms with Crippen molar-refractivity contribution in [1.82, 2.24) is 5.32 Å². The molecule has 0 aliphatic carbocycles. The summed E-state index contributed by atoms with van der Waals surface area (Å²) in [7, 11) is 0. The number of anilines is 2. The Balaban J connectivity index is 1.49. The third-order valence-corrected chi connectivity index (χ3v) is 4.75. The highest BCUT2D eigenvalue weighted by Gasteiger charge is 2.23. The molecule has 3 rings (SSSR count). The highest BCUT2D eigenvalue weighted by atomic mass is 32.1. The number of aryl methyl sites for hydroxylation is 2. The number of ether oxygens (including phenoxy) is 1. The second kappa shape index (κ2) is 8.86. The van der Waals surface area contributed by atoms with E-state index < -0.39 is 0 Å². The summed E-state index contributed by atoms with van der Waals surface area (Å²) in [6.07, 6.45) is 1.54. The fraction of sp³-hybridized carbons (Fsp3) is 0.333. The van der Waals surface area contributed by atoms with Crippen LogP contribution >= 0.6 is 12.2 Å². The zero-order valence-electron chi connectivity index (χ0n) is 15.7. The van der Waals surface area contributed by atoms with E-state index in [9.17, 15) is 4.79 Å². The van der Waals surface area contributed by atoms with Gasteiger partial charge in [-0.3, -0.25) is 4.79 Å². The maximum absolute atomic E-state index is 12.0. The SMILES string of the molecule is Cc1ccc(OCCNC(=S)Nc2ccc(C)c(N3CCCC3=O)c2)cc1. The molecule has 2 N–H and O–H groups in total. The quantitative estimate of drug-likeness (QED) is 0.587. The van der Waals surface area contributed by atoms with Crippen molar-refractivity contribution < 1.29 is 9.53 Å². The highest BCUT2D eigenvalue weighted by Crippen LogP contribution is 2.28. The fourth-order valence-corrected chi connectivity index (χ4v) is 3.24. The van der Waals surface area contributed by atoms with Crippen LogP contribution in [-0.4, -0.2) is 30.7 Å². The summed E-state index contributed by atoms with van der Waals surface area (Å²) < 4.78 is 5.68. The molecule has 0 radical (unpaired) electrons. The predicted octanol–water partition coefficient (Wildman–Crippen LogP) is 3.80. The Labute approximate surface area is 165 Å². The summed E-state index contributed by atoms with van der Waals surface area (Å²) >= 11 is 5.36. The van der Waals surface area contributed by atoms with Crippen LogP contribution < -0.4 is 20.3 Å². The minimum atomic E-state index is 0.184. The Morgan fingerprint density at radius 3 is 2.67 bits per heavy atom. The van der Waals surface area contributed by atoms with Crippen molar-refractivity contribution in [2.45, 2.75) is 26.7 Å². The zero-order valence-corrected chi connectivity index (χ0v) is 16.6. The van der Waals surface area contributed by atoms with E-state index in [2.05, 4.69) is 10.6 Å². The van der Waals surface area contributed by atoms with Crippen molar-refractivity contribution in [2.75, 3.05) is 29.9 Å². The molecule has 1 saturated heterocycles. The van der Waals surface area contributed by atoms with E-state index in [1.165, 1.54) is 5.56 Å². The monoisotopic (exact) mass is 383 g/mol. The fourth-order valence-electron chi connectivity index (χ4n) is 3.02. The van der Waals surface area contributed by atoms with Crippen LogP contribution in [-0.2, 0) is 4.79 Å². The molecule has 0 spiro atoms. The normalized spacial score (nSPS) is 13.6. The largest absolute Gasteiger partial charge is 0.492 e. The molecule has 6 heteroatoms. The van der Waals surface area contributed by atoms with Gasteiger partial charge in [0, 0.05) is 24.3 Å². The first-order valence-corrected chi connectivity index (χ1v) is 9.59. The highest BCUT2D eigenvalue weighted by molar-refractivity contribution is 7.80. The van der Waals surface area contributed by atoms with E-state index in [-0.39, 0.29) is 5.91 Å². The van der Waals surface area contributed by atoms with Crippen LogP contribution in [0, 0.1) is 13.8 Å². The van der Waals surface area contributed by atoms with E-state index in [0.717, 1.165) is 35.7 Å². The number of amides is 1. The van der Waals surface area contributed by atoms with Crippen LogP contribution in [0.1, 0.15) is 24.0 Å². The first-order valence-electron chi connectivity index (χ1n) is 9.18. The Bertz CT molecular complexity index is 821. The molecular formula is C21H25N3O2S. The standard InChI is InChI=1S/C21H25N3O2S/c1-15-5-9-18(10-6-15)26-13-11-22-21(27)23-17-8-7-16(2)19(14-17)24-12-3-4-20(24)25/h5-10,14H,3-4,11-13H2,1-2H3,(H2,22,23,27). The summed E-state index contributed by atoms with van der Waals surface area (Å²) in [5, 5.41) is 6.85. The van der Waals surface area contributed by atoms with E-state index in [4.69, 9.17) is 17.0 Å². The first kappa shape index (κ1) is 19.2. The van der Waals surface area contributed by atoms with Gasteiger partial charge in [-0.25, -0.2) is 0 Å². The Hall–Kier alpha value is -2.60. The van der Waals surface area contributed by atoms with Crippen LogP contribution in [0.15, 0.2) is 42.5 Å². The number of hydrogen-bond donors (Lipinski definition) is 2. The molecule has 1 amide bonds. The van der Waals surface area contributed by atoms with Gasteiger partial charge in [0.05, 0.1) is 6.54 Å². The molecular weight excluding hydrogens is 358 g/mol. The van der Waals surface area contributed by atoms with Gasteiger partial charge in [0.1, 0.15) is 12.4 Å². The van der Waals surface area contributed by atoms with Gasteiger partial charge < -0.3 is 20.3 Å². The van der Waals surface area contributed by atoms with Crippen LogP contribution in [0.4, 0.5) is 11.4 Å². The lowest BCUT2D eigenvalue weighted by Crippen LogP contribution is -2.32. The molecule has 1 heterocycles. The number of thiocarbonyl (C=S) groups is 1. The van der Waals surface area contributed by atoms with Gasteiger partial charge in [0.25, 0.3) is 0 Å². The van der Waals surface area contributed by atoms with Crippen LogP contribution in [0.5, 0.6) is 5.75 Å². The lowest BCUT2D eigenvalue weighted by atomic mass is 10.1. The molecule has 0 aromatic heterocycles. The number of benzene rings is 2. The molecule has 1 fully saturated rings. The van der Waals surface area contributed by atoms with Gasteiger partial charge in [-0.2, -0.15) is 0 Å². The average Bonchev–Trinajstić information content (AvgIpc) is 3.08. The van der Waals surface area contributed by atoms with Gasteiger partial charge >= 0.3 is 0 Å². The molecule has 1 aliphatic heterocycles. The number of nitrogens with one attached hydrogen (secondary N) is 2. The number of carbonyl (C=O) groups is 1. The predicted molar refractivity (Wildman–Crippen MR) is 114 cm³/mol. The molecule has 0 atom stereocenters. The molecule has 0 saturated carbocycles. The van der Waals surface area contributed by atoms with E-state index in [1.807, 2.05) is 61.2 Å². The molecule has 27 heavy (non-hydrogen) atoms. The number of hydrogen-bond acceptors (Lipinski definition) is 3. The van der Waals surface area contributed by atoms with E-state index in [1.54, 1.807) is 0 Å². The van der Waals surface area contributed by atoms with Crippen LogP contribution in [0.25, 0.3) is 0 Å². The zero-order chi connectivity index (χ0) is 19.2. The summed E-state index contributed by atoms with van der Waals surface area (Å²) in [4.78, 5) is 13.9. The van der Waals surface area contributed by atoms with Crippen molar-refractivity contribution in [3.63, 3.8) is 0 Å². The van der Waals surface area contributed by atoms with E-state index >= 15 is 0 Å². The molecule has 0 bridgehead atoms. The third kappa shape index (κ3) is 5.20. The number of rotatable bonds is 6. The summed E-state index contributed by atoms with van der Waals surface area (Å²) in [6.45, 7) is 5.97. The van der Waals surface area contributed by atoms with Gasteiger partial charge in [-0.1, -0.05) is 23.8 Å². The van der Waals surface area contributed by atoms with Crippen molar-refractivity contribution in [3.8, 4) is 5.75 Å². The van der Waals surface area contributed by atoms with Gasteiger partial charge in [-0.05, 0) is 62.3 Å². The maximum atomic E-state index is 12.0. The van der Waals surface area contributed by atoms with Crippen LogP contribution in [0.2, 0.25) is 0 Å². The molecule has 0 unspecified atom stereocenters. The lowest BCUT2D eigenvalue weighted by Gasteiger charge is -2.20. The molecule has 2 aromatic rings. The van der Waals surface area contributed by atoms with Gasteiger partial charge in [0.15, 0.2) is 5.11 Å². The molecule has 5 nitrogen and oxygen atoms in total. The van der Waals surface area contributed by atoms with Crippen molar-refractivity contribution in [2.24, 2.45) is 0 Å². The summed E-state index contributed by atoms with van der Waals surface area (Å²) in [5.41, 5.74) is 4.11. The van der Waals surface area contributed by atoms with Crippen molar-refractivity contribution >= 4 is 34.6 Å². The Morgan fingerprint density at radius 2 is 1.96 bits per heavy atom. The molecule has 2 aromatic carbocycles. The Kier molecular flexibility index (Phi) is 6.29. The second-order valence-electron chi connectivity index (χ2n) is 6.69. The summed E-state index contributed by atoms with van der Waals surface area (Å²) in [6, 6.07) is 13.9. The number of carbonyl (C=O) groups excluding carboxylic acids is 1. The van der Waals surface area contributed by atoms with E-state index in [0.29, 0.717) is 24.7 Å². The molecule has 1 aliphatic rings. The smallest absolute Gasteiger partial charge is 0.227 e.